The van der Waals surface area contributed by atoms with Gasteiger partial charge in [0.25, 0.3) is 11.7 Å². The van der Waals surface area contributed by atoms with Crippen molar-refractivity contribution in [3.63, 3.8) is 0 Å². The van der Waals surface area contributed by atoms with E-state index in [0.717, 1.165) is 15.0 Å². The van der Waals surface area contributed by atoms with Crippen LogP contribution in [0, 0.1) is 6.92 Å². The predicted molar refractivity (Wildman–Crippen MR) is 136 cm³/mol. The Kier molecular flexibility index (Phi) is 6.46. The molecule has 0 bridgehead atoms. The molecule has 0 spiro atoms. The van der Waals surface area contributed by atoms with Gasteiger partial charge >= 0.3 is 11.9 Å². The number of urea groups is 1. The summed E-state index contributed by atoms with van der Waals surface area (Å²) in [6.45, 7) is 13.5. The molecule has 184 valence electrons. The number of rotatable bonds is 2. The largest absolute Gasteiger partial charge is 0.507 e. The monoisotopic (exact) mass is 477 g/mol. The lowest BCUT2D eigenvalue weighted by Gasteiger charge is -2.27. The van der Waals surface area contributed by atoms with E-state index in [4.69, 9.17) is 5.73 Å². The highest BCUT2D eigenvalue weighted by Gasteiger charge is 2.42. The summed E-state index contributed by atoms with van der Waals surface area (Å²) in [4.78, 5) is 44.0. The Morgan fingerprint density at radius 2 is 1.46 bits per heavy atom. The number of aliphatic imine (C=N–C) groups is 1. The fraction of sp³-hybridized carbons (Fsp3) is 0.370. The molecule has 3 N–H and O–H groups in total. The Hall–Kier alpha value is -3.81. The van der Waals surface area contributed by atoms with Crippen LogP contribution in [0.15, 0.2) is 41.4 Å². The maximum absolute atomic E-state index is 13.3. The average Bonchev–Trinajstić information content (AvgIpc) is 2.75. The number of phenolic OH excluding ortho intramolecular Hbond substituents is 1. The van der Waals surface area contributed by atoms with Crippen LogP contribution in [-0.4, -0.2) is 51.0 Å². The molecule has 4 amide bonds. The van der Waals surface area contributed by atoms with Crippen LogP contribution in [-0.2, 0) is 15.6 Å². The molecule has 8 nitrogen and oxygen atoms in total. The first-order valence-electron chi connectivity index (χ1n) is 11.4. The molecule has 2 aromatic carbocycles. The maximum atomic E-state index is 13.3. The fourth-order valence-corrected chi connectivity index (χ4v) is 3.83. The molecule has 0 unspecified atom stereocenters. The lowest BCUT2D eigenvalue weighted by atomic mass is 9.78. The van der Waals surface area contributed by atoms with Gasteiger partial charge in [0, 0.05) is 16.7 Å². The topological polar surface area (TPSA) is 116 Å². The summed E-state index contributed by atoms with van der Waals surface area (Å²) in [6, 6.07) is 9.57. The highest BCUT2D eigenvalue weighted by atomic mass is 16.3. The first-order chi connectivity index (χ1) is 16.0. The van der Waals surface area contributed by atoms with Crippen LogP contribution in [0.5, 0.6) is 5.75 Å². The van der Waals surface area contributed by atoms with Gasteiger partial charge in [-0.25, -0.2) is 9.59 Å². The molecule has 8 heteroatoms. The highest BCUT2D eigenvalue weighted by molar-refractivity contribution is 6.68. The molecule has 3 rings (SSSR count). The zero-order chi connectivity index (χ0) is 26.5. The van der Waals surface area contributed by atoms with Gasteiger partial charge in [0.2, 0.25) is 5.71 Å². The third kappa shape index (κ3) is 4.87. The van der Waals surface area contributed by atoms with Crippen molar-refractivity contribution >= 4 is 35.1 Å². The zero-order valence-electron chi connectivity index (χ0n) is 21.6. The Bertz CT molecular complexity index is 1250. The normalized spacial score (nSPS) is 16.3. The van der Waals surface area contributed by atoms with E-state index >= 15 is 0 Å². The summed E-state index contributed by atoms with van der Waals surface area (Å²) >= 11 is 0. The minimum Gasteiger partial charge on any atom is -0.507 e. The van der Waals surface area contributed by atoms with Crippen molar-refractivity contribution in [2.45, 2.75) is 59.3 Å². The summed E-state index contributed by atoms with van der Waals surface area (Å²) < 4.78 is 1.16. The van der Waals surface area contributed by atoms with Crippen LogP contribution in [0.2, 0.25) is 0 Å². The number of hydrogen-bond donors (Lipinski definition) is 2. The first-order valence-corrected chi connectivity index (χ1v) is 11.4. The lowest BCUT2D eigenvalue weighted by molar-refractivity contribution is -0.342. The van der Waals surface area contributed by atoms with Crippen molar-refractivity contribution in [2.24, 2.45) is 10.7 Å². The third-order valence-corrected chi connectivity index (χ3v) is 5.95. The molecule has 0 atom stereocenters. The van der Waals surface area contributed by atoms with E-state index < -0.39 is 28.7 Å². The number of hydrogen-bond acceptors (Lipinski definition) is 5. The molecule has 0 saturated carbocycles. The number of amides is 4. The summed E-state index contributed by atoms with van der Waals surface area (Å²) in [6.07, 6.45) is 0. The van der Waals surface area contributed by atoms with Crippen LogP contribution in [0.1, 0.15) is 68.6 Å². The molecule has 0 aromatic heterocycles. The van der Waals surface area contributed by atoms with E-state index in [1.807, 2.05) is 60.6 Å². The van der Waals surface area contributed by atoms with Crippen LogP contribution in [0.25, 0.3) is 0 Å². The lowest BCUT2D eigenvalue weighted by Crippen LogP contribution is -2.55. The number of nitrogens with zero attached hydrogens (tertiary/aromatic N) is 3. The smallest absolute Gasteiger partial charge is 0.451 e. The number of aryl methyl sites for hydroxylation is 1. The number of carbonyl (C=O) groups is 3. The Morgan fingerprint density at radius 1 is 0.971 bits per heavy atom. The number of benzene rings is 2. The number of nitrogens with two attached hydrogens (primary N) is 1. The minimum absolute atomic E-state index is 0.130. The fourth-order valence-electron chi connectivity index (χ4n) is 3.83. The van der Waals surface area contributed by atoms with E-state index in [2.05, 4.69) is 4.99 Å². The van der Waals surface area contributed by atoms with Gasteiger partial charge in [-0.3, -0.25) is 4.79 Å². The molecule has 1 aliphatic rings. The number of amidine groups is 1. The van der Waals surface area contributed by atoms with Crippen molar-refractivity contribution in [1.29, 1.82) is 0 Å². The SMILES string of the molecule is Cc1ccc([N+]2=C(N)C(=NC(=O)c3cc(C(C)(C)C)c(O)c(C(C)(C)C)c3)C(=O)N(C)C2=O)cc1. The average molecular weight is 478 g/mol. The van der Waals surface area contributed by atoms with Gasteiger partial charge in [0.05, 0.1) is 7.05 Å². The molecule has 0 saturated heterocycles. The molecule has 35 heavy (non-hydrogen) atoms. The van der Waals surface area contributed by atoms with Crippen LogP contribution < -0.4 is 5.73 Å². The Labute approximate surface area is 205 Å². The summed E-state index contributed by atoms with van der Waals surface area (Å²) in [5, 5.41) is 10.9. The van der Waals surface area contributed by atoms with Gasteiger partial charge in [-0.15, -0.1) is 0 Å². The number of imide groups is 1. The third-order valence-electron chi connectivity index (χ3n) is 5.95. The van der Waals surface area contributed by atoms with E-state index in [9.17, 15) is 19.5 Å². The second kappa shape index (κ2) is 8.76. The standard InChI is InChI=1S/C27H32N4O4/c1-15-9-11-17(12-10-15)31-22(28)20(24(34)30(8)25(31)35)29-23(33)16-13-18(26(2,3)4)21(32)19(14-16)27(5,6)7/h9-14,28H,1-8H3,(H,32,33)/p+1. The van der Waals surface area contributed by atoms with Gasteiger partial charge in [-0.1, -0.05) is 59.2 Å². The van der Waals surface area contributed by atoms with Gasteiger partial charge in [-0.05, 0) is 42.0 Å². The number of aromatic hydroxyl groups is 1. The van der Waals surface area contributed by atoms with E-state index in [0.29, 0.717) is 16.8 Å². The Balaban J connectivity index is 2.21. The Morgan fingerprint density at radius 3 is 1.91 bits per heavy atom. The molecule has 1 heterocycles. The summed E-state index contributed by atoms with van der Waals surface area (Å²) in [5.74, 6) is -1.56. The number of carbonyl (C=O) groups excluding carboxylic acids is 3. The summed E-state index contributed by atoms with van der Waals surface area (Å²) in [5.41, 5.74) is 7.85. The zero-order valence-corrected chi connectivity index (χ0v) is 21.6. The van der Waals surface area contributed by atoms with E-state index in [1.54, 1.807) is 24.3 Å². The van der Waals surface area contributed by atoms with Crippen LogP contribution in [0.3, 0.4) is 0 Å². The summed E-state index contributed by atoms with van der Waals surface area (Å²) in [7, 11) is 1.31. The van der Waals surface area contributed by atoms with Crippen molar-refractivity contribution in [2.75, 3.05) is 7.05 Å². The van der Waals surface area contributed by atoms with Crippen LogP contribution >= 0.6 is 0 Å². The van der Waals surface area contributed by atoms with Crippen molar-refractivity contribution in [3.05, 3.63) is 58.7 Å². The van der Waals surface area contributed by atoms with Gasteiger partial charge < -0.3 is 10.8 Å². The molecule has 0 aliphatic carbocycles. The second-order valence-corrected chi connectivity index (χ2v) is 10.9. The second-order valence-electron chi connectivity index (χ2n) is 10.9. The molecule has 0 radical (unpaired) electrons. The van der Waals surface area contributed by atoms with Gasteiger partial charge in [0.15, 0.2) is 0 Å². The molecular formula is C27H33N4O4+. The van der Waals surface area contributed by atoms with Gasteiger partial charge in [0.1, 0.15) is 11.4 Å². The van der Waals surface area contributed by atoms with Crippen molar-refractivity contribution in [1.82, 2.24) is 4.90 Å². The number of phenols is 1. The minimum atomic E-state index is -0.768. The maximum Gasteiger partial charge on any atom is 0.451 e. The molecule has 0 fully saturated rings. The first kappa shape index (κ1) is 25.8. The van der Waals surface area contributed by atoms with Crippen molar-refractivity contribution < 1.29 is 24.1 Å². The predicted octanol–water partition coefficient (Wildman–Crippen LogP) is 4.17. The highest BCUT2D eigenvalue weighted by Crippen LogP contribution is 2.40. The quantitative estimate of drug-likeness (QED) is 0.630. The van der Waals surface area contributed by atoms with E-state index in [-0.39, 0.29) is 22.9 Å². The van der Waals surface area contributed by atoms with Gasteiger partial charge in [-0.2, -0.15) is 14.5 Å². The van der Waals surface area contributed by atoms with E-state index in [1.165, 1.54) is 7.05 Å². The molecular weight excluding hydrogens is 444 g/mol. The molecule has 2 aromatic rings. The van der Waals surface area contributed by atoms with Crippen molar-refractivity contribution in [3.8, 4) is 5.75 Å². The van der Waals surface area contributed by atoms with Crippen LogP contribution in [0.4, 0.5) is 10.5 Å². The molecule has 1 aliphatic heterocycles.